The van der Waals surface area contributed by atoms with Crippen LogP contribution in [0.15, 0.2) is 18.3 Å². The minimum Gasteiger partial charge on any atom is -0.443 e. The number of nitrogens with zero attached hydrogens (tertiary/aromatic N) is 3. The van der Waals surface area contributed by atoms with Crippen molar-refractivity contribution < 1.29 is 9.53 Å². The Labute approximate surface area is 158 Å². The monoisotopic (exact) mass is 361 g/mol. The molecule has 146 valence electrons. The molecule has 0 aliphatic carbocycles. The van der Waals surface area contributed by atoms with Crippen molar-refractivity contribution in [2.75, 3.05) is 24.5 Å². The standard InChI is InChI=1S/C21H35N3O2/c1-7-13-24(20(25)26-21(4,5)6)19-17(10-8-12-22-19)18-11-9-14-23(18)15-16(2)3/h8,10,12,16,18H,7,9,11,13-15H2,1-6H3. The summed E-state index contributed by atoms with van der Waals surface area (Å²) in [5, 5.41) is 0. The fourth-order valence-electron chi connectivity index (χ4n) is 3.59. The number of rotatable bonds is 6. The average molecular weight is 362 g/mol. The predicted octanol–water partition coefficient (Wildman–Crippen LogP) is 5.03. The summed E-state index contributed by atoms with van der Waals surface area (Å²) < 4.78 is 5.65. The van der Waals surface area contributed by atoms with Gasteiger partial charge in [-0.3, -0.25) is 9.80 Å². The Hall–Kier alpha value is -1.62. The predicted molar refractivity (Wildman–Crippen MR) is 106 cm³/mol. The first-order valence-corrected chi connectivity index (χ1v) is 9.92. The smallest absolute Gasteiger partial charge is 0.416 e. The molecule has 2 rings (SSSR count). The summed E-state index contributed by atoms with van der Waals surface area (Å²) in [5.74, 6) is 1.37. The lowest BCUT2D eigenvalue weighted by Gasteiger charge is -2.31. The molecule has 0 aromatic carbocycles. The van der Waals surface area contributed by atoms with Gasteiger partial charge < -0.3 is 4.74 Å². The lowest BCUT2D eigenvalue weighted by atomic mass is 10.0. The molecule has 1 aliphatic heterocycles. The molecule has 1 amide bonds. The molecular weight excluding hydrogens is 326 g/mol. The van der Waals surface area contributed by atoms with Crippen LogP contribution in [0.5, 0.6) is 0 Å². The largest absolute Gasteiger partial charge is 0.443 e. The quantitative estimate of drug-likeness (QED) is 0.713. The second kappa shape index (κ2) is 8.85. The summed E-state index contributed by atoms with van der Waals surface area (Å²) in [6.07, 6.45) is 4.61. The molecule has 5 heteroatoms. The van der Waals surface area contributed by atoms with Gasteiger partial charge in [-0.15, -0.1) is 0 Å². The van der Waals surface area contributed by atoms with Crippen LogP contribution in [0.2, 0.25) is 0 Å². The van der Waals surface area contributed by atoms with Crippen molar-refractivity contribution in [2.45, 2.75) is 72.4 Å². The number of hydrogen-bond acceptors (Lipinski definition) is 4. The van der Waals surface area contributed by atoms with Crippen molar-refractivity contribution in [1.82, 2.24) is 9.88 Å². The molecule has 1 unspecified atom stereocenters. The fourth-order valence-corrected chi connectivity index (χ4v) is 3.59. The van der Waals surface area contributed by atoms with Gasteiger partial charge in [0.2, 0.25) is 0 Å². The molecule has 0 saturated carbocycles. The topological polar surface area (TPSA) is 45.7 Å². The Morgan fingerprint density at radius 1 is 1.42 bits per heavy atom. The van der Waals surface area contributed by atoms with Gasteiger partial charge in [0.25, 0.3) is 0 Å². The van der Waals surface area contributed by atoms with E-state index in [1.165, 1.54) is 6.42 Å². The van der Waals surface area contributed by atoms with Crippen LogP contribution in [0.1, 0.15) is 72.4 Å². The fraction of sp³-hybridized carbons (Fsp3) is 0.714. The number of likely N-dealkylation sites (tertiary alicyclic amines) is 1. The van der Waals surface area contributed by atoms with E-state index in [0.29, 0.717) is 18.5 Å². The minimum absolute atomic E-state index is 0.312. The zero-order chi connectivity index (χ0) is 19.3. The maximum Gasteiger partial charge on any atom is 0.416 e. The van der Waals surface area contributed by atoms with Gasteiger partial charge in [0, 0.05) is 30.9 Å². The molecule has 1 fully saturated rings. The molecule has 1 aromatic rings. The summed E-state index contributed by atoms with van der Waals surface area (Å²) in [6, 6.07) is 4.42. The summed E-state index contributed by atoms with van der Waals surface area (Å²) in [6.45, 7) is 15.1. The van der Waals surface area contributed by atoms with Gasteiger partial charge in [-0.1, -0.05) is 26.8 Å². The molecular formula is C21H35N3O2. The molecule has 1 aliphatic rings. The van der Waals surface area contributed by atoms with E-state index in [9.17, 15) is 4.79 Å². The maximum atomic E-state index is 12.8. The van der Waals surface area contributed by atoms with Crippen molar-refractivity contribution in [3.8, 4) is 0 Å². The lowest BCUT2D eigenvalue weighted by molar-refractivity contribution is 0.0578. The molecule has 26 heavy (non-hydrogen) atoms. The molecule has 1 saturated heterocycles. The highest BCUT2D eigenvalue weighted by Crippen LogP contribution is 2.37. The average Bonchev–Trinajstić information content (AvgIpc) is 2.98. The molecule has 2 heterocycles. The number of ether oxygens (including phenoxy) is 1. The van der Waals surface area contributed by atoms with E-state index in [1.807, 2.05) is 26.8 Å². The Bertz CT molecular complexity index is 595. The van der Waals surface area contributed by atoms with Gasteiger partial charge in [0.05, 0.1) is 0 Å². The van der Waals surface area contributed by atoms with Gasteiger partial charge >= 0.3 is 6.09 Å². The van der Waals surface area contributed by atoms with E-state index in [2.05, 4.69) is 36.7 Å². The van der Waals surface area contributed by atoms with Crippen LogP contribution in [-0.4, -0.2) is 41.2 Å². The van der Waals surface area contributed by atoms with Crippen molar-refractivity contribution in [3.05, 3.63) is 23.9 Å². The summed E-state index contributed by atoms with van der Waals surface area (Å²) in [7, 11) is 0. The third-order valence-corrected chi connectivity index (χ3v) is 4.46. The summed E-state index contributed by atoms with van der Waals surface area (Å²) in [5.41, 5.74) is 0.625. The van der Waals surface area contributed by atoms with Crippen molar-refractivity contribution in [1.29, 1.82) is 0 Å². The van der Waals surface area contributed by atoms with Gasteiger partial charge in [-0.25, -0.2) is 9.78 Å². The van der Waals surface area contributed by atoms with E-state index >= 15 is 0 Å². The molecule has 5 nitrogen and oxygen atoms in total. The molecule has 1 atom stereocenters. The second-order valence-corrected chi connectivity index (χ2v) is 8.60. The zero-order valence-electron chi connectivity index (χ0n) is 17.3. The zero-order valence-corrected chi connectivity index (χ0v) is 17.3. The van der Waals surface area contributed by atoms with E-state index in [0.717, 1.165) is 37.3 Å². The van der Waals surface area contributed by atoms with E-state index in [-0.39, 0.29) is 6.09 Å². The van der Waals surface area contributed by atoms with E-state index < -0.39 is 5.60 Å². The highest BCUT2D eigenvalue weighted by atomic mass is 16.6. The highest BCUT2D eigenvalue weighted by molar-refractivity contribution is 5.87. The van der Waals surface area contributed by atoms with Crippen LogP contribution in [0.4, 0.5) is 10.6 Å². The van der Waals surface area contributed by atoms with Crippen LogP contribution < -0.4 is 4.90 Å². The van der Waals surface area contributed by atoms with Gasteiger partial charge in [0.15, 0.2) is 0 Å². The Kier molecular flexibility index (Phi) is 7.04. The van der Waals surface area contributed by atoms with Gasteiger partial charge in [-0.05, 0) is 58.6 Å². The van der Waals surface area contributed by atoms with Gasteiger partial charge in [-0.2, -0.15) is 0 Å². The van der Waals surface area contributed by atoms with E-state index in [1.54, 1.807) is 11.1 Å². The lowest BCUT2D eigenvalue weighted by Crippen LogP contribution is -2.39. The first kappa shape index (κ1) is 20.7. The third-order valence-electron chi connectivity index (χ3n) is 4.46. The normalized spacial score (nSPS) is 18.3. The maximum absolute atomic E-state index is 12.8. The second-order valence-electron chi connectivity index (χ2n) is 8.60. The van der Waals surface area contributed by atoms with Crippen LogP contribution in [0.25, 0.3) is 0 Å². The number of carbonyl (C=O) groups excluding carboxylic acids is 1. The molecule has 0 radical (unpaired) electrons. The molecule has 0 N–H and O–H groups in total. The van der Waals surface area contributed by atoms with Crippen LogP contribution in [0.3, 0.4) is 0 Å². The molecule has 0 bridgehead atoms. The highest BCUT2D eigenvalue weighted by Gasteiger charge is 2.32. The van der Waals surface area contributed by atoms with Crippen molar-refractivity contribution in [2.24, 2.45) is 5.92 Å². The van der Waals surface area contributed by atoms with Crippen LogP contribution >= 0.6 is 0 Å². The molecule has 0 spiro atoms. The van der Waals surface area contributed by atoms with Crippen LogP contribution in [0, 0.1) is 5.92 Å². The Morgan fingerprint density at radius 3 is 2.77 bits per heavy atom. The number of aromatic nitrogens is 1. The number of anilines is 1. The first-order chi connectivity index (χ1) is 12.2. The minimum atomic E-state index is -0.519. The first-order valence-electron chi connectivity index (χ1n) is 9.92. The van der Waals surface area contributed by atoms with Crippen LogP contribution in [-0.2, 0) is 4.74 Å². The van der Waals surface area contributed by atoms with Crippen molar-refractivity contribution in [3.63, 3.8) is 0 Å². The van der Waals surface area contributed by atoms with E-state index in [4.69, 9.17) is 4.74 Å². The third kappa shape index (κ3) is 5.44. The summed E-state index contributed by atoms with van der Waals surface area (Å²) in [4.78, 5) is 21.7. The molecule has 1 aromatic heterocycles. The number of hydrogen-bond donors (Lipinski definition) is 0. The van der Waals surface area contributed by atoms with Gasteiger partial charge in [0.1, 0.15) is 11.4 Å². The SMILES string of the molecule is CCCN(C(=O)OC(C)(C)C)c1ncccc1C1CCCN1CC(C)C. The Morgan fingerprint density at radius 2 is 2.15 bits per heavy atom. The summed E-state index contributed by atoms with van der Waals surface area (Å²) >= 11 is 0. The number of amides is 1. The Balaban J connectivity index is 2.34. The number of carbonyl (C=O) groups is 1. The van der Waals surface area contributed by atoms with Crippen molar-refractivity contribution >= 4 is 11.9 Å². The number of pyridine rings is 1.